The van der Waals surface area contributed by atoms with Crippen LogP contribution in [0.2, 0.25) is 0 Å². The second kappa shape index (κ2) is 7.89. The van der Waals surface area contributed by atoms with Crippen molar-refractivity contribution < 1.29 is 18.0 Å². The Hall–Kier alpha value is -1.45. The Balaban J connectivity index is 1.66. The summed E-state index contributed by atoms with van der Waals surface area (Å²) in [6, 6.07) is 3.24. The van der Waals surface area contributed by atoms with Gasteiger partial charge in [-0.2, -0.15) is 0 Å². The summed E-state index contributed by atoms with van der Waals surface area (Å²) >= 11 is 1.62. The number of hydrogen-bond donors (Lipinski definition) is 2. The van der Waals surface area contributed by atoms with E-state index < -0.39 is 21.8 Å². The van der Waals surface area contributed by atoms with Gasteiger partial charge in [-0.15, -0.1) is 11.3 Å². The molecule has 1 fully saturated rings. The predicted molar refractivity (Wildman–Crippen MR) is 89.3 cm³/mol. The molecule has 1 saturated heterocycles. The lowest BCUT2D eigenvalue weighted by molar-refractivity contribution is -0.121. The van der Waals surface area contributed by atoms with E-state index in [4.69, 9.17) is 0 Å². The van der Waals surface area contributed by atoms with E-state index in [0.29, 0.717) is 13.0 Å². The minimum absolute atomic E-state index is 0.00146. The highest BCUT2D eigenvalue weighted by Gasteiger charge is 2.31. The Bertz CT molecular complexity index is 643. The van der Waals surface area contributed by atoms with E-state index in [0.717, 1.165) is 6.42 Å². The van der Waals surface area contributed by atoms with E-state index in [9.17, 15) is 18.0 Å². The van der Waals surface area contributed by atoms with Gasteiger partial charge < -0.3 is 5.32 Å². The topological polar surface area (TPSA) is 95.6 Å². The highest BCUT2D eigenvalue weighted by Crippen LogP contribution is 2.15. The maximum Gasteiger partial charge on any atom is 0.321 e. The number of rotatable bonds is 6. The van der Waals surface area contributed by atoms with Crippen molar-refractivity contribution in [3.8, 4) is 0 Å². The van der Waals surface area contributed by atoms with E-state index in [-0.39, 0.29) is 24.1 Å². The lowest BCUT2D eigenvalue weighted by Crippen LogP contribution is -2.46. The van der Waals surface area contributed by atoms with Crippen molar-refractivity contribution in [2.45, 2.75) is 18.9 Å². The van der Waals surface area contributed by atoms with E-state index in [1.165, 1.54) is 4.88 Å². The lowest BCUT2D eigenvalue weighted by Gasteiger charge is -2.22. The second-order valence-electron chi connectivity index (χ2n) is 5.61. The Morgan fingerprint density at radius 3 is 2.83 bits per heavy atom. The Kier molecular flexibility index (Phi) is 6.14. The zero-order valence-electron chi connectivity index (χ0n) is 12.9. The van der Waals surface area contributed by atoms with E-state index in [1.54, 1.807) is 23.3 Å². The number of carbonyl (C=O) groups excluding carboxylic acids is 2. The maximum absolute atomic E-state index is 11.8. The first kappa shape index (κ1) is 17.9. The molecule has 1 atom stereocenters. The van der Waals surface area contributed by atoms with Crippen molar-refractivity contribution >= 4 is 33.1 Å². The monoisotopic (exact) mass is 359 g/mol. The summed E-state index contributed by atoms with van der Waals surface area (Å²) in [5, 5.41) is 6.86. The number of sulfone groups is 1. The van der Waals surface area contributed by atoms with Crippen LogP contribution in [0, 0.1) is 0 Å². The first-order valence-corrected chi connectivity index (χ1v) is 10.1. The molecule has 2 rings (SSSR count). The smallest absolute Gasteiger partial charge is 0.321 e. The minimum atomic E-state index is -2.98. The normalized spacial score (nSPS) is 19.7. The van der Waals surface area contributed by atoms with Gasteiger partial charge in [0.05, 0.1) is 18.1 Å². The van der Waals surface area contributed by atoms with Crippen molar-refractivity contribution in [1.29, 1.82) is 0 Å². The summed E-state index contributed by atoms with van der Waals surface area (Å²) < 4.78 is 22.9. The van der Waals surface area contributed by atoms with Crippen LogP contribution in [0.3, 0.4) is 0 Å². The highest BCUT2D eigenvalue weighted by atomic mass is 32.2. The van der Waals surface area contributed by atoms with E-state index >= 15 is 0 Å². The van der Waals surface area contributed by atoms with Crippen molar-refractivity contribution in [2.75, 3.05) is 31.6 Å². The van der Waals surface area contributed by atoms with Crippen LogP contribution in [-0.4, -0.2) is 62.9 Å². The maximum atomic E-state index is 11.8. The molecular formula is C14H21N3O4S2. The average Bonchev–Trinajstić information content (AvgIpc) is 3.07. The van der Waals surface area contributed by atoms with Crippen molar-refractivity contribution in [3.05, 3.63) is 22.4 Å². The van der Waals surface area contributed by atoms with Gasteiger partial charge in [0.15, 0.2) is 9.84 Å². The first-order valence-electron chi connectivity index (χ1n) is 7.36. The second-order valence-corrected chi connectivity index (χ2v) is 8.87. The number of likely N-dealkylation sites (N-methyl/N-ethyl adjacent to an activating group) is 1. The molecule has 1 aromatic rings. The van der Waals surface area contributed by atoms with Crippen LogP contribution in [0.15, 0.2) is 17.5 Å². The number of nitrogens with one attached hydrogen (secondary N) is 2. The standard InChI is InChI=1S/C14H21N3O4S2/c1-17(11-5-8-23(20,21)10-11)9-13(18)16-14(19)15-6-4-12-3-2-7-22-12/h2-3,7,11H,4-6,8-10H2,1H3,(H2,15,16,18,19). The van der Waals surface area contributed by atoms with Gasteiger partial charge in [-0.05, 0) is 31.3 Å². The van der Waals surface area contributed by atoms with Crippen LogP contribution in [0.4, 0.5) is 4.79 Å². The van der Waals surface area contributed by atoms with Gasteiger partial charge in [-0.3, -0.25) is 15.0 Å². The molecule has 0 radical (unpaired) electrons. The Labute approximate surface area is 140 Å². The molecular weight excluding hydrogens is 338 g/mol. The summed E-state index contributed by atoms with van der Waals surface area (Å²) in [5.41, 5.74) is 0. The molecule has 0 spiro atoms. The van der Waals surface area contributed by atoms with E-state index in [1.807, 2.05) is 17.5 Å². The summed E-state index contributed by atoms with van der Waals surface area (Å²) in [4.78, 5) is 26.3. The molecule has 0 bridgehead atoms. The van der Waals surface area contributed by atoms with Crippen LogP contribution in [0.5, 0.6) is 0 Å². The molecule has 1 aliphatic rings. The predicted octanol–water partition coefficient (Wildman–Crippen LogP) is 0.235. The Morgan fingerprint density at radius 2 is 2.22 bits per heavy atom. The summed E-state index contributed by atoms with van der Waals surface area (Å²) in [6.45, 7) is 0.453. The molecule has 0 saturated carbocycles. The van der Waals surface area contributed by atoms with Gasteiger partial charge in [-0.25, -0.2) is 13.2 Å². The fourth-order valence-electron chi connectivity index (χ4n) is 2.44. The molecule has 7 nitrogen and oxygen atoms in total. The zero-order valence-corrected chi connectivity index (χ0v) is 14.6. The van der Waals surface area contributed by atoms with Crippen LogP contribution >= 0.6 is 11.3 Å². The number of urea groups is 1. The molecule has 23 heavy (non-hydrogen) atoms. The van der Waals surface area contributed by atoms with Gasteiger partial charge in [0, 0.05) is 17.5 Å². The molecule has 3 amide bonds. The number of carbonyl (C=O) groups is 2. The summed E-state index contributed by atoms with van der Waals surface area (Å²) in [5.74, 6) is -0.207. The van der Waals surface area contributed by atoms with Crippen LogP contribution in [0.1, 0.15) is 11.3 Å². The highest BCUT2D eigenvalue weighted by molar-refractivity contribution is 7.91. The van der Waals surface area contributed by atoms with Gasteiger partial charge in [0.2, 0.25) is 5.91 Å². The molecule has 1 aromatic heterocycles. The molecule has 0 aromatic carbocycles. The largest absolute Gasteiger partial charge is 0.337 e. The van der Waals surface area contributed by atoms with Gasteiger partial charge >= 0.3 is 6.03 Å². The van der Waals surface area contributed by atoms with Gasteiger partial charge in [0.1, 0.15) is 0 Å². The molecule has 2 N–H and O–H groups in total. The molecule has 2 heterocycles. The van der Waals surface area contributed by atoms with Crippen LogP contribution < -0.4 is 10.6 Å². The van der Waals surface area contributed by atoms with Crippen LogP contribution in [0.25, 0.3) is 0 Å². The van der Waals surface area contributed by atoms with Crippen molar-refractivity contribution in [3.63, 3.8) is 0 Å². The molecule has 1 aliphatic heterocycles. The summed E-state index contributed by atoms with van der Waals surface area (Å²) in [6.07, 6.45) is 1.25. The van der Waals surface area contributed by atoms with Gasteiger partial charge in [0.25, 0.3) is 0 Å². The Morgan fingerprint density at radius 1 is 1.43 bits per heavy atom. The van der Waals surface area contributed by atoms with Gasteiger partial charge in [-0.1, -0.05) is 6.07 Å². The lowest BCUT2D eigenvalue weighted by atomic mass is 10.2. The number of hydrogen-bond acceptors (Lipinski definition) is 6. The van der Waals surface area contributed by atoms with Crippen molar-refractivity contribution in [2.24, 2.45) is 0 Å². The quantitative estimate of drug-likeness (QED) is 0.758. The third-order valence-corrected chi connectivity index (χ3v) is 6.40. The summed E-state index contributed by atoms with van der Waals surface area (Å²) in [7, 11) is -1.29. The number of amides is 3. The zero-order chi connectivity index (χ0) is 16.9. The first-order chi connectivity index (χ1) is 10.9. The minimum Gasteiger partial charge on any atom is -0.337 e. The SMILES string of the molecule is CN(CC(=O)NC(=O)NCCc1cccs1)C1CCS(=O)(=O)C1. The fraction of sp³-hybridized carbons (Fsp3) is 0.571. The molecule has 128 valence electrons. The van der Waals surface area contributed by atoms with Crippen molar-refractivity contribution in [1.82, 2.24) is 15.5 Å². The molecule has 0 aliphatic carbocycles. The third-order valence-electron chi connectivity index (χ3n) is 3.71. The fourth-order valence-corrected chi connectivity index (χ4v) is 4.96. The van der Waals surface area contributed by atoms with Crippen LogP contribution in [-0.2, 0) is 21.1 Å². The number of imide groups is 1. The molecule has 1 unspecified atom stereocenters. The third kappa shape index (κ3) is 5.92. The average molecular weight is 359 g/mol. The number of thiophene rings is 1. The molecule has 9 heteroatoms. The number of nitrogens with zero attached hydrogens (tertiary/aromatic N) is 1. The van der Waals surface area contributed by atoms with E-state index in [2.05, 4.69) is 10.6 Å².